The van der Waals surface area contributed by atoms with Crippen LogP contribution in [-0.2, 0) is 20.2 Å². The zero-order chi connectivity index (χ0) is 19.7. The van der Waals surface area contributed by atoms with Crippen LogP contribution in [-0.4, -0.2) is 21.4 Å². The Hall–Kier alpha value is -2.41. The van der Waals surface area contributed by atoms with Gasteiger partial charge in [0.25, 0.3) is 10.0 Å². The molecule has 0 aliphatic rings. The fraction of sp³-hybridized carbons (Fsp3) is 0.316. The zero-order valence-electron chi connectivity index (χ0n) is 15.5. The van der Waals surface area contributed by atoms with Crippen LogP contribution in [0.15, 0.2) is 47.4 Å². The standard InChI is InChI=1S/C19H23FN2O3S/c1-13(23)22(5)18-11-8-15(20)12-17(18)21-26(24,25)16-9-6-14(7-10-16)19(2,3)4/h6-12,21H,1-5H3. The number of nitrogens with zero attached hydrogens (tertiary/aromatic N) is 1. The SMILES string of the molecule is CC(=O)N(C)c1ccc(F)cc1NS(=O)(=O)c1ccc(C(C)(C)C)cc1. The summed E-state index contributed by atoms with van der Waals surface area (Å²) in [5.41, 5.74) is 1.17. The van der Waals surface area contributed by atoms with E-state index >= 15 is 0 Å². The number of sulfonamides is 1. The number of amides is 1. The number of hydrogen-bond acceptors (Lipinski definition) is 3. The Kier molecular flexibility index (Phi) is 5.41. The van der Waals surface area contributed by atoms with Crippen molar-refractivity contribution < 1.29 is 17.6 Å². The third-order valence-electron chi connectivity index (χ3n) is 4.07. The highest BCUT2D eigenvalue weighted by Crippen LogP contribution is 2.29. The van der Waals surface area contributed by atoms with Crippen LogP contribution in [0.2, 0.25) is 0 Å². The van der Waals surface area contributed by atoms with Crippen LogP contribution >= 0.6 is 0 Å². The second-order valence-corrected chi connectivity index (χ2v) is 8.80. The smallest absolute Gasteiger partial charge is 0.261 e. The van der Waals surface area contributed by atoms with Gasteiger partial charge in [-0.05, 0) is 35.2 Å². The lowest BCUT2D eigenvalue weighted by Crippen LogP contribution is -2.25. The number of anilines is 2. The molecule has 0 aliphatic carbocycles. The molecule has 0 bridgehead atoms. The van der Waals surface area contributed by atoms with E-state index in [9.17, 15) is 17.6 Å². The first-order valence-electron chi connectivity index (χ1n) is 8.09. The van der Waals surface area contributed by atoms with Gasteiger partial charge in [-0.25, -0.2) is 12.8 Å². The van der Waals surface area contributed by atoms with E-state index in [2.05, 4.69) is 4.72 Å². The van der Waals surface area contributed by atoms with Crippen molar-refractivity contribution in [1.82, 2.24) is 0 Å². The van der Waals surface area contributed by atoms with Crippen LogP contribution in [0.5, 0.6) is 0 Å². The first kappa shape index (κ1) is 19.9. The molecular weight excluding hydrogens is 355 g/mol. The maximum atomic E-state index is 13.6. The van der Waals surface area contributed by atoms with Crippen molar-refractivity contribution in [1.29, 1.82) is 0 Å². The molecule has 0 saturated carbocycles. The molecule has 1 amide bonds. The summed E-state index contributed by atoms with van der Waals surface area (Å²) in [6.45, 7) is 7.44. The molecule has 0 spiro atoms. The van der Waals surface area contributed by atoms with Gasteiger partial charge in [-0.15, -0.1) is 0 Å². The van der Waals surface area contributed by atoms with E-state index in [1.165, 1.54) is 43.1 Å². The monoisotopic (exact) mass is 378 g/mol. The van der Waals surface area contributed by atoms with Crippen molar-refractivity contribution in [3.05, 3.63) is 53.8 Å². The van der Waals surface area contributed by atoms with E-state index < -0.39 is 15.8 Å². The third kappa shape index (κ3) is 4.40. The Bertz CT molecular complexity index is 917. The van der Waals surface area contributed by atoms with Crippen LogP contribution in [0.4, 0.5) is 15.8 Å². The largest absolute Gasteiger partial charge is 0.314 e. The third-order valence-corrected chi connectivity index (χ3v) is 5.45. The van der Waals surface area contributed by atoms with Gasteiger partial charge in [0, 0.05) is 20.0 Å². The Balaban J connectivity index is 2.41. The van der Waals surface area contributed by atoms with Crippen molar-refractivity contribution in [2.75, 3.05) is 16.7 Å². The minimum atomic E-state index is -3.93. The summed E-state index contributed by atoms with van der Waals surface area (Å²) in [5, 5.41) is 0. The minimum absolute atomic E-state index is 0.00241. The number of benzene rings is 2. The first-order valence-corrected chi connectivity index (χ1v) is 9.57. The molecule has 0 atom stereocenters. The van der Waals surface area contributed by atoms with Crippen molar-refractivity contribution in [3.63, 3.8) is 0 Å². The predicted octanol–water partition coefficient (Wildman–Crippen LogP) is 3.91. The van der Waals surface area contributed by atoms with Gasteiger partial charge >= 0.3 is 0 Å². The summed E-state index contributed by atoms with van der Waals surface area (Å²) in [5.74, 6) is -0.905. The Morgan fingerprint density at radius 1 is 1.08 bits per heavy atom. The molecular formula is C19H23FN2O3S. The second-order valence-electron chi connectivity index (χ2n) is 7.12. The number of nitrogens with one attached hydrogen (secondary N) is 1. The molecule has 0 unspecified atom stereocenters. The van der Waals surface area contributed by atoms with Crippen molar-refractivity contribution >= 4 is 27.3 Å². The van der Waals surface area contributed by atoms with Crippen molar-refractivity contribution in [2.24, 2.45) is 0 Å². The predicted molar refractivity (Wildman–Crippen MR) is 101 cm³/mol. The molecule has 26 heavy (non-hydrogen) atoms. The highest BCUT2D eigenvalue weighted by molar-refractivity contribution is 7.92. The highest BCUT2D eigenvalue weighted by Gasteiger charge is 2.20. The first-order chi connectivity index (χ1) is 11.9. The average Bonchev–Trinajstić information content (AvgIpc) is 2.53. The number of rotatable bonds is 4. The topological polar surface area (TPSA) is 66.5 Å². The van der Waals surface area contributed by atoms with Gasteiger partial charge in [0.05, 0.1) is 16.3 Å². The fourth-order valence-corrected chi connectivity index (χ4v) is 3.46. The molecule has 5 nitrogen and oxygen atoms in total. The molecule has 140 valence electrons. The van der Waals surface area contributed by atoms with E-state index in [1.54, 1.807) is 12.1 Å². The highest BCUT2D eigenvalue weighted by atomic mass is 32.2. The number of hydrogen-bond donors (Lipinski definition) is 1. The van der Waals surface area contributed by atoms with Crippen LogP contribution in [0.3, 0.4) is 0 Å². The summed E-state index contributed by atoms with van der Waals surface area (Å²) in [6.07, 6.45) is 0. The summed E-state index contributed by atoms with van der Waals surface area (Å²) in [7, 11) is -2.44. The van der Waals surface area contributed by atoms with Gasteiger partial charge in [-0.1, -0.05) is 32.9 Å². The van der Waals surface area contributed by atoms with Gasteiger partial charge in [0.15, 0.2) is 0 Å². The fourth-order valence-electron chi connectivity index (χ4n) is 2.39. The molecule has 0 radical (unpaired) electrons. The van der Waals surface area contributed by atoms with Crippen LogP contribution in [0, 0.1) is 5.82 Å². The summed E-state index contributed by atoms with van der Waals surface area (Å²) in [4.78, 5) is 12.9. The van der Waals surface area contributed by atoms with E-state index in [0.717, 1.165) is 11.6 Å². The molecule has 0 saturated heterocycles. The Morgan fingerprint density at radius 3 is 2.15 bits per heavy atom. The summed E-state index contributed by atoms with van der Waals surface area (Å²) >= 11 is 0. The van der Waals surface area contributed by atoms with E-state index in [-0.39, 0.29) is 27.6 Å². The molecule has 0 aliphatic heterocycles. The lowest BCUT2D eigenvalue weighted by Gasteiger charge is -2.21. The second kappa shape index (κ2) is 7.07. The Morgan fingerprint density at radius 2 is 1.65 bits per heavy atom. The summed E-state index contributed by atoms with van der Waals surface area (Å²) in [6, 6.07) is 10.1. The molecule has 0 fully saturated rings. The lowest BCUT2D eigenvalue weighted by atomic mass is 9.87. The molecule has 2 aromatic carbocycles. The average molecular weight is 378 g/mol. The number of carbonyl (C=O) groups is 1. The Labute approximate surface area is 153 Å². The van der Waals surface area contributed by atoms with Gasteiger partial charge in [-0.3, -0.25) is 9.52 Å². The van der Waals surface area contributed by atoms with Crippen LogP contribution in [0.1, 0.15) is 33.3 Å². The molecule has 1 N–H and O–H groups in total. The summed E-state index contributed by atoms with van der Waals surface area (Å²) < 4.78 is 41.4. The zero-order valence-corrected chi connectivity index (χ0v) is 16.3. The van der Waals surface area contributed by atoms with Gasteiger partial charge < -0.3 is 4.90 Å². The molecule has 0 heterocycles. The minimum Gasteiger partial charge on any atom is -0.314 e. The van der Waals surface area contributed by atoms with Crippen molar-refractivity contribution in [3.8, 4) is 0 Å². The lowest BCUT2D eigenvalue weighted by molar-refractivity contribution is -0.116. The van der Waals surface area contributed by atoms with E-state index in [4.69, 9.17) is 0 Å². The quantitative estimate of drug-likeness (QED) is 0.877. The maximum absolute atomic E-state index is 13.6. The molecule has 7 heteroatoms. The maximum Gasteiger partial charge on any atom is 0.261 e. The number of halogens is 1. The number of carbonyl (C=O) groups excluding carboxylic acids is 1. The van der Waals surface area contributed by atoms with E-state index in [0.29, 0.717) is 0 Å². The van der Waals surface area contributed by atoms with Crippen molar-refractivity contribution in [2.45, 2.75) is 38.0 Å². The molecule has 2 aromatic rings. The van der Waals surface area contributed by atoms with Crippen LogP contribution < -0.4 is 9.62 Å². The molecule has 0 aromatic heterocycles. The van der Waals surface area contributed by atoms with Gasteiger partial charge in [-0.2, -0.15) is 0 Å². The van der Waals surface area contributed by atoms with Gasteiger partial charge in [0.1, 0.15) is 5.82 Å². The molecule has 2 rings (SSSR count). The van der Waals surface area contributed by atoms with Gasteiger partial charge in [0.2, 0.25) is 5.91 Å². The normalized spacial score (nSPS) is 11.9. The van der Waals surface area contributed by atoms with Crippen LogP contribution in [0.25, 0.3) is 0 Å². The van der Waals surface area contributed by atoms with E-state index in [1.807, 2.05) is 20.8 Å².